The maximum absolute atomic E-state index is 12.8. The van der Waals surface area contributed by atoms with Gasteiger partial charge in [0.1, 0.15) is 0 Å². The van der Waals surface area contributed by atoms with Gasteiger partial charge in [-0.25, -0.2) is 0 Å². The number of anilines is 1. The number of halogens is 4. The second-order valence-corrected chi connectivity index (χ2v) is 6.50. The highest BCUT2D eigenvalue weighted by molar-refractivity contribution is 8.15. The number of nitrogens with zero attached hydrogens (tertiary/aromatic N) is 1. The molecule has 0 radical (unpaired) electrons. The lowest BCUT2D eigenvalue weighted by molar-refractivity contribution is -0.137. The minimum atomic E-state index is -4.46. The van der Waals surface area contributed by atoms with E-state index in [2.05, 4.69) is 24.2 Å². The highest BCUT2D eigenvalue weighted by atomic mass is 35.5. The number of rotatable bonds is 2. The van der Waals surface area contributed by atoms with Crippen molar-refractivity contribution in [2.45, 2.75) is 25.3 Å². The maximum atomic E-state index is 12.8. The highest BCUT2D eigenvalue weighted by Crippen LogP contribution is 2.36. The van der Waals surface area contributed by atoms with Crippen LogP contribution in [0.1, 0.15) is 19.4 Å². The van der Waals surface area contributed by atoms with Crippen molar-refractivity contribution in [3.63, 3.8) is 0 Å². The predicted octanol–water partition coefficient (Wildman–Crippen LogP) is 4.90. The van der Waals surface area contributed by atoms with Crippen molar-refractivity contribution >= 4 is 34.2 Å². The van der Waals surface area contributed by atoms with E-state index < -0.39 is 11.7 Å². The molecule has 0 aliphatic carbocycles. The van der Waals surface area contributed by atoms with Crippen LogP contribution in [0.3, 0.4) is 0 Å². The number of alkyl halides is 3. The summed E-state index contributed by atoms with van der Waals surface area (Å²) in [5.41, 5.74) is -0.495. The van der Waals surface area contributed by atoms with Crippen molar-refractivity contribution < 1.29 is 13.2 Å². The van der Waals surface area contributed by atoms with E-state index in [4.69, 9.17) is 11.6 Å². The van der Waals surface area contributed by atoms with Gasteiger partial charge in [0.05, 0.1) is 17.1 Å². The molecule has 0 fully saturated rings. The van der Waals surface area contributed by atoms with Gasteiger partial charge in [0, 0.05) is 10.9 Å². The Hall–Kier alpha value is -0.880. The molecule has 1 aliphatic heterocycles. The van der Waals surface area contributed by atoms with Crippen LogP contribution in [0.15, 0.2) is 23.2 Å². The Morgan fingerprint density at radius 1 is 1.40 bits per heavy atom. The van der Waals surface area contributed by atoms with Crippen molar-refractivity contribution in [2.24, 2.45) is 10.9 Å². The first-order chi connectivity index (χ1) is 9.27. The Bertz CT molecular complexity index is 529. The van der Waals surface area contributed by atoms with Crippen molar-refractivity contribution in [1.29, 1.82) is 0 Å². The first-order valence-electron chi connectivity index (χ1n) is 6.12. The van der Waals surface area contributed by atoms with E-state index >= 15 is 0 Å². The molecule has 1 aliphatic rings. The zero-order valence-corrected chi connectivity index (χ0v) is 12.5. The third-order valence-electron chi connectivity index (χ3n) is 2.94. The minimum Gasteiger partial charge on any atom is -0.335 e. The van der Waals surface area contributed by atoms with Crippen molar-refractivity contribution in [1.82, 2.24) is 0 Å². The topological polar surface area (TPSA) is 24.4 Å². The summed E-state index contributed by atoms with van der Waals surface area (Å²) in [7, 11) is 0. The molecule has 2 rings (SSSR count). The molecule has 0 spiro atoms. The lowest BCUT2D eigenvalue weighted by atomic mass is 10.1. The molecule has 1 aromatic rings. The van der Waals surface area contributed by atoms with Crippen molar-refractivity contribution in [3.05, 3.63) is 28.8 Å². The Balaban J connectivity index is 2.12. The minimum absolute atomic E-state index is 0.302. The van der Waals surface area contributed by atoms with Crippen LogP contribution in [0.2, 0.25) is 5.02 Å². The molecule has 0 saturated carbocycles. The molecular weight excluding hydrogens is 309 g/mol. The summed E-state index contributed by atoms with van der Waals surface area (Å²) in [4.78, 5) is 4.30. The summed E-state index contributed by atoms with van der Waals surface area (Å²) >= 11 is 7.13. The molecule has 0 aromatic heterocycles. The molecule has 1 N–H and O–H groups in total. The fourth-order valence-corrected chi connectivity index (χ4v) is 3.01. The van der Waals surface area contributed by atoms with Gasteiger partial charge in [-0.1, -0.05) is 37.2 Å². The molecule has 1 unspecified atom stereocenters. The van der Waals surface area contributed by atoms with Gasteiger partial charge < -0.3 is 5.32 Å². The van der Waals surface area contributed by atoms with E-state index in [0.29, 0.717) is 28.6 Å². The van der Waals surface area contributed by atoms with E-state index in [1.54, 1.807) is 11.8 Å². The normalized spacial score (nSPS) is 19.4. The fourth-order valence-electron chi connectivity index (χ4n) is 1.75. The first kappa shape index (κ1) is 15.5. The quantitative estimate of drug-likeness (QED) is 0.837. The molecule has 20 heavy (non-hydrogen) atoms. The van der Waals surface area contributed by atoms with E-state index in [9.17, 15) is 13.2 Å². The smallest absolute Gasteiger partial charge is 0.335 e. The van der Waals surface area contributed by atoms with Crippen LogP contribution >= 0.6 is 23.4 Å². The Morgan fingerprint density at radius 2 is 2.10 bits per heavy atom. The largest absolute Gasteiger partial charge is 0.417 e. The van der Waals surface area contributed by atoms with Gasteiger partial charge in [-0.05, 0) is 24.1 Å². The number of hydrogen-bond donors (Lipinski definition) is 1. The molecule has 0 amide bonds. The first-order valence-corrected chi connectivity index (χ1v) is 7.38. The number of aliphatic imine (C=N–C) groups is 1. The summed E-state index contributed by atoms with van der Waals surface area (Å²) in [6, 6.07) is 3.77. The fraction of sp³-hybridized carbons (Fsp3) is 0.462. The van der Waals surface area contributed by atoms with Crippen LogP contribution in [0, 0.1) is 5.92 Å². The molecular formula is C13H14ClF3N2S. The zero-order chi connectivity index (χ0) is 14.9. The monoisotopic (exact) mass is 322 g/mol. The van der Waals surface area contributed by atoms with Crippen LogP contribution in [0.25, 0.3) is 0 Å². The number of nitrogens with one attached hydrogen (secondary N) is 1. The maximum Gasteiger partial charge on any atom is 0.417 e. The average molecular weight is 323 g/mol. The second-order valence-electron chi connectivity index (χ2n) is 4.86. The van der Waals surface area contributed by atoms with Gasteiger partial charge in [0.2, 0.25) is 0 Å². The molecule has 0 bridgehead atoms. The summed E-state index contributed by atoms with van der Waals surface area (Å²) in [6.07, 6.45) is -4.46. The van der Waals surface area contributed by atoms with E-state index in [1.807, 2.05) is 0 Å². The van der Waals surface area contributed by atoms with Gasteiger partial charge in [-0.2, -0.15) is 13.2 Å². The van der Waals surface area contributed by atoms with Gasteiger partial charge >= 0.3 is 6.18 Å². The molecule has 7 heteroatoms. The van der Waals surface area contributed by atoms with Crippen LogP contribution in [-0.4, -0.2) is 17.0 Å². The summed E-state index contributed by atoms with van der Waals surface area (Å²) < 4.78 is 38.3. The Kier molecular flexibility index (Phi) is 4.54. The van der Waals surface area contributed by atoms with Crippen LogP contribution in [-0.2, 0) is 6.18 Å². The predicted molar refractivity (Wildman–Crippen MR) is 78.6 cm³/mol. The van der Waals surface area contributed by atoms with Crippen molar-refractivity contribution in [3.8, 4) is 0 Å². The standard InChI is InChI=1S/C13H14ClF3N2S/c1-7(2)11-6-18-12(20-11)19-8-3-4-10(14)9(5-8)13(15,16)17/h3-5,7,11H,6H2,1-2H3,(H,18,19). The van der Waals surface area contributed by atoms with Gasteiger partial charge in [-0.15, -0.1) is 0 Å². The second kappa shape index (κ2) is 5.85. The van der Waals surface area contributed by atoms with Crippen molar-refractivity contribution in [2.75, 3.05) is 11.9 Å². The SMILES string of the molecule is CC(C)C1CN=C(Nc2ccc(Cl)c(C(F)(F)F)c2)S1. The van der Waals surface area contributed by atoms with Gasteiger partial charge in [-0.3, -0.25) is 4.99 Å². The summed E-state index contributed by atoms with van der Waals surface area (Å²) in [5.74, 6) is 0.471. The van der Waals surface area contributed by atoms with Crippen LogP contribution in [0.5, 0.6) is 0 Å². The molecule has 1 aromatic carbocycles. The third-order valence-corrected chi connectivity index (χ3v) is 4.72. The average Bonchev–Trinajstić information content (AvgIpc) is 2.79. The lowest BCUT2D eigenvalue weighted by Crippen LogP contribution is -2.13. The molecule has 0 saturated heterocycles. The van der Waals surface area contributed by atoms with E-state index in [1.165, 1.54) is 12.1 Å². The summed E-state index contributed by atoms with van der Waals surface area (Å²) in [6.45, 7) is 4.88. The Morgan fingerprint density at radius 3 is 2.65 bits per heavy atom. The van der Waals surface area contributed by atoms with Gasteiger partial charge in [0.25, 0.3) is 0 Å². The Labute approximate surface area is 124 Å². The number of benzene rings is 1. The third kappa shape index (κ3) is 3.61. The molecule has 110 valence electrons. The van der Waals surface area contributed by atoms with Gasteiger partial charge in [0.15, 0.2) is 5.17 Å². The number of thioether (sulfide) groups is 1. The molecule has 2 nitrogen and oxygen atoms in total. The van der Waals surface area contributed by atoms with E-state index in [-0.39, 0.29) is 5.02 Å². The summed E-state index contributed by atoms with van der Waals surface area (Å²) in [5, 5.41) is 3.64. The zero-order valence-electron chi connectivity index (χ0n) is 11.0. The molecule has 1 heterocycles. The molecule has 1 atom stereocenters. The lowest BCUT2D eigenvalue weighted by Gasteiger charge is -2.14. The van der Waals surface area contributed by atoms with Crippen LogP contribution < -0.4 is 5.32 Å². The number of hydrogen-bond acceptors (Lipinski definition) is 3. The van der Waals surface area contributed by atoms with E-state index in [0.717, 1.165) is 6.07 Å². The highest BCUT2D eigenvalue weighted by Gasteiger charge is 2.33. The van der Waals surface area contributed by atoms with Crippen LogP contribution in [0.4, 0.5) is 18.9 Å². The number of amidine groups is 1.